The Morgan fingerprint density at radius 3 is 2.25 bits per heavy atom. The SMILES string of the molecule is CCOC(=O)N1CCN(C(=O)[C@H]2CC(=O)N(c3ccc(OCC)cc3)C2)CC1. The number of carbonyl (C=O) groups excluding carboxylic acids is 3. The van der Waals surface area contributed by atoms with Gasteiger partial charge in [0.15, 0.2) is 0 Å². The van der Waals surface area contributed by atoms with Crippen molar-refractivity contribution in [2.75, 3.05) is 50.8 Å². The standard InChI is InChI=1S/C20H27N3O5/c1-3-27-17-7-5-16(6-8-17)23-14-15(13-18(23)24)19(25)21-9-11-22(12-10-21)20(26)28-4-2/h5-8,15H,3-4,9-14H2,1-2H3/t15-/m0/s1. The molecule has 2 aliphatic heterocycles. The van der Waals surface area contributed by atoms with Crippen LogP contribution >= 0.6 is 0 Å². The zero-order chi connectivity index (χ0) is 20.1. The summed E-state index contributed by atoms with van der Waals surface area (Å²) in [6, 6.07) is 7.34. The largest absolute Gasteiger partial charge is 0.494 e. The van der Waals surface area contributed by atoms with E-state index < -0.39 is 0 Å². The number of piperazine rings is 1. The minimum atomic E-state index is -0.354. The minimum Gasteiger partial charge on any atom is -0.494 e. The van der Waals surface area contributed by atoms with Crippen LogP contribution in [-0.2, 0) is 14.3 Å². The Morgan fingerprint density at radius 1 is 1.00 bits per heavy atom. The molecule has 0 radical (unpaired) electrons. The summed E-state index contributed by atoms with van der Waals surface area (Å²) in [6.45, 7) is 6.82. The van der Waals surface area contributed by atoms with Crippen LogP contribution in [0.25, 0.3) is 0 Å². The van der Waals surface area contributed by atoms with Crippen molar-refractivity contribution in [3.63, 3.8) is 0 Å². The van der Waals surface area contributed by atoms with E-state index in [4.69, 9.17) is 9.47 Å². The summed E-state index contributed by atoms with van der Waals surface area (Å²) in [6.07, 6.45) is -0.128. The zero-order valence-electron chi connectivity index (χ0n) is 16.4. The zero-order valence-corrected chi connectivity index (χ0v) is 16.4. The third-order valence-corrected chi connectivity index (χ3v) is 5.05. The van der Waals surface area contributed by atoms with E-state index in [1.807, 2.05) is 31.2 Å². The van der Waals surface area contributed by atoms with Gasteiger partial charge in [0.05, 0.1) is 19.1 Å². The molecule has 152 valence electrons. The lowest BCUT2D eigenvalue weighted by atomic mass is 10.1. The molecule has 1 atom stereocenters. The molecule has 1 aromatic rings. The van der Waals surface area contributed by atoms with Crippen molar-refractivity contribution in [3.05, 3.63) is 24.3 Å². The third-order valence-electron chi connectivity index (χ3n) is 5.05. The third kappa shape index (κ3) is 4.37. The predicted molar refractivity (Wildman–Crippen MR) is 103 cm³/mol. The van der Waals surface area contributed by atoms with Crippen molar-refractivity contribution in [1.82, 2.24) is 9.80 Å². The topological polar surface area (TPSA) is 79.4 Å². The quantitative estimate of drug-likeness (QED) is 0.766. The van der Waals surface area contributed by atoms with Gasteiger partial charge in [-0.1, -0.05) is 0 Å². The molecule has 0 aliphatic carbocycles. The highest BCUT2D eigenvalue weighted by molar-refractivity contribution is 6.00. The molecule has 2 fully saturated rings. The molecule has 1 aromatic carbocycles. The van der Waals surface area contributed by atoms with Gasteiger partial charge in [-0.3, -0.25) is 9.59 Å². The van der Waals surface area contributed by atoms with Crippen molar-refractivity contribution in [1.29, 1.82) is 0 Å². The number of anilines is 1. The van der Waals surface area contributed by atoms with E-state index in [2.05, 4.69) is 0 Å². The molecule has 0 aromatic heterocycles. The lowest BCUT2D eigenvalue weighted by Gasteiger charge is -2.35. The molecule has 3 amide bonds. The summed E-state index contributed by atoms with van der Waals surface area (Å²) in [5.74, 6) is 0.330. The second-order valence-corrected chi connectivity index (χ2v) is 6.84. The van der Waals surface area contributed by atoms with Crippen LogP contribution in [0.1, 0.15) is 20.3 Å². The Morgan fingerprint density at radius 2 is 1.64 bits per heavy atom. The Hall–Kier alpha value is -2.77. The summed E-state index contributed by atoms with van der Waals surface area (Å²) in [7, 11) is 0. The van der Waals surface area contributed by atoms with Crippen LogP contribution in [0, 0.1) is 5.92 Å². The number of hydrogen-bond donors (Lipinski definition) is 0. The fourth-order valence-corrected chi connectivity index (χ4v) is 3.59. The Balaban J connectivity index is 1.56. The van der Waals surface area contributed by atoms with Crippen LogP contribution in [0.4, 0.5) is 10.5 Å². The number of carbonyl (C=O) groups is 3. The van der Waals surface area contributed by atoms with E-state index in [1.165, 1.54) is 0 Å². The van der Waals surface area contributed by atoms with E-state index in [-0.39, 0.29) is 30.2 Å². The molecule has 0 N–H and O–H groups in total. The van der Waals surface area contributed by atoms with Crippen LogP contribution < -0.4 is 9.64 Å². The number of ether oxygens (including phenoxy) is 2. The summed E-state index contributed by atoms with van der Waals surface area (Å²) in [5.41, 5.74) is 0.774. The van der Waals surface area contributed by atoms with Gasteiger partial charge in [-0.25, -0.2) is 4.79 Å². The van der Waals surface area contributed by atoms with Crippen LogP contribution in [0.15, 0.2) is 24.3 Å². The molecule has 28 heavy (non-hydrogen) atoms. The highest BCUT2D eigenvalue weighted by Gasteiger charge is 2.38. The average Bonchev–Trinajstić information content (AvgIpc) is 3.10. The van der Waals surface area contributed by atoms with Gasteiger partial charge in [0, 0.05) is 44.8 Å². The number of amides is 3. The van der Waals surface area contributed by atoms with Crippen molar-refractivity contribution < 1.29 is 23.9 Å². The van der Waals surface area contributed by atoms with Gasteiger partial charge in [-0.2, -0.15) is 0 Å². The summed E-state index contributed by atoms with van der Waals surface area (Å²) >= 11 is 0. The van der Waals surface area contributed by atoms with E-state index in [0.29, 0.717) is 45.9 Å². The molecule has 0 unspecified atom stereocenters. The van der Waals surface area contributed by atoms with Gasteiger partial charge in [0.2, 0.25) is 11.8 Å². The fraction of sp³-hybridized carbons (Fsp3) is 0.550. The van der Waals surface area contributed by atoms with Crippen LogP contribution in [0.3, 0.4) is 0 Å². The maximum absolute atomic E-state index is 12.9. The van der Waals surface area contributed by atoms with Gasteiger partial charge < -0.3 is 24.2 Å². The van der Waals surface area contributed by atoms with Crippen molar-refractivity contribution in [2.45, 2.75) is 20.3 Å². The summed E-state index contributed by atoms with van der Waals surface area (Å²) in [4.78, 5) is 42.1. The lowest BCUT2D eigenvalue weighted by molar-refractivity contribution is -0.137. The molecule has 2 heterocycles. The second kappa shape index (κ2) is 8.95. The van der Waals surface area contributed by atoms with Gasteiger partial charge in [0.25, 0.3) is 0 Å². The van der Waals surface area contributed by atoms with Gasteiger partial charge in [-0.05, 0) is 38.1 Å². The lowest BCUT2D eigenvalue weighted by Crippen LogP contribution is -2.52. The van der Waals surface area contributed by atoms with Gasteiger partial charge >= 0.3 is 6.09 Å². The van der Waals surface area contributed by atoms with Crippen LogP contribution in [0.5, 0.6) is 5.75 Å². The summed E-state index contributed by atoms with van der Waals surface area (Å²) < 4.78 is 10.4. The molecule has 3 rings (SSSR count). The molecular weight excluding hydrogens is 362 g/mol. The first-order valence-corrected chi connectivity index (χ1v) is 9.77. The second-order valence-electron chi connectivity index (χ2n) is 6.84. The number of hydrogen-bond acceptors (Lipinski definition) is 5. The molecule has 0 spiro atoms. The molecule has 2 aliphatic rings. The molecule has 0 saturated carbocycles. The van der Waals surface area contributed by atoms with Gasteiger partial charge in [-0.15, -0.1) is 0 Å². The maximum Gasteiger partial charge on any atom is 0.409 e. The first-order valence-electron chi connectivity index (χ1n) is 9.77. The van der Waals surface area contributed by atoms with Gasteiger partial charge in [0.1, 0.15) is 5.75 Å². The van der Waals surface area contributed by atoms with Crippen molar-refractivity contribution in [3.8, 4) is 5.75 Å². The monoisotopic (exact) mass is 389 g/mol. The van der Waals surface area contributed by atoms with E-state index in [1.54, 1.807) is 21.6 Å². The fourth-order valence-electron chi connectivity index (χ4n) is 3.59. The van der Waals surface area contributed by atoms with E-state index in [0.717, 1.165) is 11.4 Å². The van der Waals surface area contributed by atoms with Crippen molar-refractivity contribution in [2.24, 2.45) is 5.92 Å². The first kappa shape index (κ1) is 20.0. The van der Waals surface area contributed by atoms with Crippen molar-refractivity contribution >= 4 is 23.6 Å². The van der Waals surface area contributed by atoms with Crippen LogP contribution in [-0.4, -0.2) is 73.6 Å². The highest BCUT2D eigenvalue weighted by atomic mass is 16.6. The maximum atomic E-state index is 12.9. The minimum absolute atomic E-state index is 0.0229. The highest BCUT2D eigenvalue weighted by Crippen LogP contribution is 2.28. The molecule has 8 heteroatoms. The number of rotatable bonds is 5. The summed E-state index contributed by atoms with van der Waals surface area (Å²) in [5, 5.41) is 0. The molecule has 0 bridgehead atoms. The smallest absolute Gasteiger partial charge is 0.409 e. The average molecular weight is 389 g/mol. The molecule has 2 saturated heterocycles. The first-order chi connectivity index (χ1) is 13.5. The number of benzene rings is 1. The van der Waals surface area contributed by atoms with Crippen LogP contribution in [0.2, 0.25) is 0 Å². The van der Waals surface area contributed by atoms with E-state index >= 15 is 0 Å². The Bertz CT molecular complexity index is 713. The molecule has 8 nitrogen and oxygen atoms in total. The molecular formula is C20H27N3O5. The Labute approximate surface area is 165 Å². The Kier molecular flexibility index (Phi) is 6.38. The van der Waals surface area contributed by atoms with E-state index in [9.17, 15) is 14.4 Å². The normalized spacial score (nSPS) is 19.7. The number of nitrogens with zero attached hydrogens (tertiary/aromatic N) is 3. The predicted octanol–water partition coefficient (Wildman–Crippen LogP) is 1.74.